The van der Waals surface area contributed by atoms with Crippen molar-refractivity contribution in [3.63, 3.8) is 0 Å². The standard InChI is InChI=1S/C11H11BrN2S2/c12-10-4-3-9(16-10)8-7-15-11(13-8)14-5-1-2-6-14/h3-4,7H,1-2,5-6H2. The Labute approximate surface area is 111 Å². The van der Waals surface area contributed by atoms with Crippen LogP contribution in [-0.2, 0) is 0 Å². The van der Waals surface area contributed by atoms with Crippen molar-refractivity contribution in [2.24, 2.45) is 0 Å². The molecule has 16 heavy (non-hydrogen) atoms. The first kappa shape index (κ1) is 10.7. The maximum absolute atomic E-state index is 4.71. The van der Waals surface area contributed by atoms with Crippen LogP contribution < -0.4 is 4.90 Å². The molecule has 0 amide bonds. The van der Waals surface area contributed by atoms with E-state index in [4.69, 9.17) is 4.98 Å². The van der Waals surface area contributed by atoms with Crippen molar-refractivity contribution in [3.05, 3.63) is 21.3 Å². The molecule has 0 unspecified atom stereocenters. The predicted molar refractivity (Wildman–Crippen MR) is 74.6 cm³/mol. The van der Waals surface area contributed by atoms with E-state index in [0.29, 0.717) is 0 Å². The Kier molecular flexibility index (Phi) is 3.00. The minimum Gasteiger partial charge on any atom is -0.348 e. The highest BCUT2D eigenvalue weighted by Crippen LogP contribution is 2.34. The molecule has 3 rings (SSSR count). The molecular weight excluding hydrogens is 304 g/mol. The summed E-state index contributed by atoms with van der Waals surface area (Å²) in [4.78, 5) is 8.34. The number of nitrogens with zero attached hydrogens (tertiary/aromatic N) is 2. The molecule has 1 aliphatic heterocycles. The van der Waals surface area contributed by atoms with E-state index in [1.54, 1.807) is 22.7 Å². The number of thiazole rings is 1. The van der Waals surface area contributed by atoms with Crippen LogP contribution in [0.25, 0.3) is 10.6 Å². The van der Waals surface area contributed by atoms with Crippen molar-refractivity contribution in [1.29, 1.82) is 0 Å². The number of halogens is 1. The lowest BCUT2D eigenvalue weighted by Crippen LogP contribution is -2.16. The number of aromatic nitrogens is 1. The molecule has 0 saturated carbocycles. The highest BCUT2D eigenvalue weighted by molar-refractivity contribution is 9.11. The molecule has 1 aliphatic rings. The Hall–Kier alpha value is -0.390. The molecule has 3 heterocycles. The summed E-state index contributed by atoms with van der Waals surface area (Å²) in [5.41, 5.74) is 1.11. The van der Waals surface area contributed by atoms with Gasteiger partial charge in [-0.1, -0.05) is 0 Å². The number of hydrogen-bond acceptors (Lipinski definition) is 4. The minimum atomic E-state index is 1.11. The number of hydrogen-bond donors (Lipinski definition) is 0. The maximum atomic E-state index is 4.71. The third-order valence-electron chi connectivity index (χ3n) is 2.69. The molecule has 0 bridgehead atoms. The number of anilines is 1. The summed E-state index contributed by atoms with van der Waals surface area (Å²) in [6.45, 7) is 2.34. The number of thiophene rings is 1. The lowest BCUT2D eigenvalue weighted by Gasteiger charge is -2.12. The summed E-state index contributed by atoms with van der Waals surface area (Å²) in [5.74, 6) is 0. The Balaban J connectivity index is 1.87. The molecular formula is C11H11BrN2S2. The van der Waals surface area contributed by atoms with Crippen molar-refractivity contribution < 1.29 is 0 Å². The molecule has 0 atom stereocenters. The summed E-state index contributed by atoms with van der Waals surface area (Å²) in [5, 5.41) is 3.34. The zero-order valence-electron chi connectivity index (χ0n) is 8.65. The summed E-state index contributed by atoms with van der Waals surface area (Å²) >= 11 is 6.98. The van der Waals surface area contributed by atoms with Gasteiger partial charge in [-0.2, -0.15) is 0 Å². The van der Waals surface area contributed by atoms with Gasteiger partial charge in [0.1, 0.15) is 0 Å². The van der Waals surface area contributed by atoms with E-state index >= 15 is 0 Å². The highest BCUT2D eigenvalue weighted by Gasteiger charge is 2.16. The minimum absolute atomic E-state index is 1.11. The molecule has 2 aromatic rings. The van der Waals surface area contributed by atoms with Crippen LogP contribution in [0.3, 0.4) is 0 Å². The van der Waals surface area contributed by atoms with Gasteiger partial charge >= 0.3 is 0 Å². The van der Waals surface area contributed by atoms with Gasteiger partial charge in [0.25, 0.3) is 0 Å². The average Bonchev–Trinajstić information content (AvgIpc) is 2.97. The van der Waals surface area contributed by atoms with Crippen molar-refractivity contribution in [2.45, 2.75) is 12.8 Å². The molecule has 0 spiro atoms. The smallest absolute Gasteiger partial charge is 0.185 e. The Morgan fingerprint density at radius 3 is 2.75 bits per heavy atom. The van der Waals surface area contributed by atoms with Crippen LogP contribution in [0.1, 0.15) is 12.8 Å². The van der Waals surface area contributed by atoms with Gasteiger partial charge in [-0.3, -0.25) is 0 Å². The molecule has 1 saturated heterocycles. The number of rotatable bonds is 2. The molecule has 1 fully saturated rings. The largest absolute Gasteiger partial charge is 0.348 e. The van der Waals surface area contributed by atoms with Crippen LogP contribution >= 0.6 is 38.6 Å². The third-order valence-corrected chi connectivity index (χ3v) is 5.24. The second kappa shape index (κ2) is 4.47. The fourth-order valence-electron chi connectivity index (χ4n) is 1.88. The monoisotopic (exact) mass is 314 g/mol. The first-order valence-electron chi connectivity index (χ1n) is 5.29. The molecule has 0 aromatic carbocycles. The first-order valence-corrected chi connectivity index (χ1v) is 7.78. The van der Waals surface area contributed by atoms with Crippen LogP contribution in [0, 0.1) is 0 Å². The van der Waals surface area contributed by atoms with Crippen molar-refractivity contribution >= 4 is 43.7 Å². The zero-order valence-corrected chi connectivity index (χ0v) is 11.9. The maximum Gasteiger partial charge on any atom is 0.185 e. The van der Waals surface area contributed by atoms with Crippen LogP contribution in [0.2, 0.25) is 0 Å². The quantitative estimate of drug-likeness (QED) is 0.824. The third kappa shape index (κ3) is 2.04. The fraction of sp³-hybridized carbons (Fsp3) is 0.364. The van der Waals surface area contributed by atoms with Gasteiger partial charge in [-0.05, 0) is 40.9 Å². The molecule has 2 nitrogen and oxygen atoms in total. The lowest BCUT2D eigenvalue weighted by molar-refractivity contribution is 0.949. The lowest BCUT2D eigenvalue weighted by atomic mass is 10.4. The van der Waals surface area contributed by atoms with Crippen LogP contribution in [0.15, 0.2) is 21.3 Å². The second-order valence-corrected chi connectivity index (χ2v) is 7.11. The van der Waals surface area contributed by atoms with Gasteiger partial charge in [0.2, 0.25) is 0 Å². The highest BCUT2D eigenvalue weighted by atomic mass is 79.9. The van der Waals surface area contributed by atoms with E-state index in [0.717, 1.165) is 5.69 Å². The van der Waals surface area contributed by atoms with Crippen LogP contribution in [0.5, 0.6) is 0 Å². The predicted octanol–water partition coefficient (Wildman–Crippen LogP) is 4.23. The summed E-state index contributed by atoms with van der Waals surface area (Å²) in [6, 6.07) is 4.20. The van der Waals surface area contributed by atoms with E-state index in [2.05, 4.69) is 38.3 Å². The Morgan fingerprint density at radius 2 is 2.06 bits per heavy atom. The Bertz CT molecular complexity index is 486. The molecule has 0 N–H and O–H groups in total. The molecule has 5 heteroatoms. The normalized spacial score (nSPS) is 15.9. The van der Waals surface area contributed by atoms with E-state index in [1.165, 1.54) is 39.7 Å². The fourth-order valence-corrected chi connectivity index (χ4v) is 4.18. The van der Waals surface area contributed by atoms with E-state index in [1.807, 2.05) is 0 Å². The summed E-state index contributed by atoms with van der Waals surface area (Å²) in [7, 11) is 0. The van der Waals surface area contributed by atoms with Crippen molar-refractivity contribution in [3.8, 4) is 10.6 Å². The van der Waals surface area contributed by atoms with Crippen molar-refractivity contribution in [1.82, 2.24) is 4.98 Å². The van der Waals surface area contributed by atoms with Gasteiger partial charge in [-0.15, -0.1) is 22.7 Å². The average molecular weight is 315 g/mol. The zero-order chi connectivity index (χ0) is 11.0. The summed E-state index contributed by atoms with van der Waals surface area (Å²) < 4.78 is 1.17. The SMILES string of the molecule is Brc1ccc(-c2csc(N3CCCC3)n2)s1. The van der Waals surface area contributed by atoms with E-state index < -0.39 is 0 Å². The van der Waals surface area contributed by atoms with Gasteiger partial charge in [0.15, 0.2) is 5.13 Å². The van der Waals surface area contributed by atoms with E-state index in [-0.39, 0.29) is 0 Å². The molecule has 84 valence electrons. The first-order chi connectivity index (χ1) is 7.83. The molecule has 0 aliphatic carbocycles. The van der Waals surface area contributed by atoms with Crippen LogP contribution in [0.4, 0.5) is 5.13 Å². The van der Waals surface area contributed by atoms with Gasteiger partial charge in [-0.25, -0.2) is 4.98 Å². The molecule has 0 radical (unpaired) electrons. The van der Waals surface area contributed by atoms with E-state index in [9.17, 15) is 0 Å². The van der Waals surface area contributed by atoms with Crippen molar-refractivity contribution in [2.75, 3.05) is 18.0 Å². The summed E-state index contributed by atoms with van der Waals surface area (Å²) in [6.07, 6.45) is 2.61. The van der Waals surface area contributed by atoms with Gasteiger partial charge < -0.3 is 4.90 Å². The topological polar surface area (TPSA) is 16.1 Å². The van der Waals surface area contributed by atoms with Gasteiger partial charge in [0.05, 0.1) is 14.4 Å². The molecule has 2 aromatic heterocycles. The Morgan fingerprint density at radius 1 is 1.25 bits per heavy atom. The van der Waals surface area contributed by atoms with Crippen LogP contribution in [-0.4, -0.2) is 18.1 Å². The van der Waals surface area contributed by atoms with Gasteiger partial charge in [0, 0.05) is 18.5 Å². The second-order valence-electron chi connectivity index (χ2n) is 3.81.